The second-order valence-corrected chi connectivity index (χ2v) is 6.68. The smallest absolute Gasteiger partial charge is 0.328 e. The molecule has 1 aliphatic carbocycles. The highest BCUT2D eigenvalue weighted by Crippen LogP contribution is 2.35. The quantitative estimate of drug-likeness (QED) is 0.648. The Labute approximate surface area is 152 Å². The third-order valence-corrected chi connectivity index (χ3v) is 4.60. The Morgan fingerprint density at radius 1 is 1.12 bits per heavy atom. The van der Waals surface area contributed by atoms with Crippen molar-refractivity contribution in [1.82, 2.24) is 4.98 Å². The van der Waals surface area contributed by atoms with Crippen LogP contribution in [0.1, 0.15) is 18.4 Å². The van der Waals surface area contributed by atoms with Gasteiger partial charge in [0.1, 0.15) is 5.82 Å². The summed E-state index contributed by atoms with van der Waals surface area (Å²) >= 11 is 0. The molecule has 1 N–H and O–H groups in total. The fourth-order valence-corrected chi connectivity index (χ4v) is 3.06. The van der Waals surface area contributed by atoms with E-state index in [4.69, 9.17) is 10.1 Å². The summed E-state index contributed by atoms with van der Waals surface area (Å²) in [5.74, 6) is 0.679. The molecule has 0 saturated heterocycles. The van der Waals surface area contributed by atoms with Gasteiger partial charge in [-0.05, 0) is 60.7 Å². The molecule has 1 fully saturated rings. The maximum Gasteiger partial charge on any atom is 0.328 e. The van der Waals surface area contributed by atoms with Crippen molar-refractivity contribution in [3.8, 4) is 0 Å². The van der Waals surface area contributed by atoms with Crippen LogP contribution < -0.4 is 4.90 Å². The summed E-state index contributed by atoms with van der Waals surface area (Å²) in [7, 11) is 0. The second kappa shape index (κ2) is 7.00. The Hall–Kier alpha value is -3.14. The topological polar surface area (TPSA) is 53.4 Å². The van der Waals surface area contributed by atoms with Crippen LogP contribution >= 0.6 is 0 Å². The van der Waals surface area contributed by atoms with Crippen molar-refractivity contribution in [3.05, 3.63) is 72.3 Å². The monoisotopic (exact) mass is 344 g/mol. The van der Waals surface area contributed by atoms with Crippen LogP contribution in [0.25, 0.3) is 17.0 Å². The number of aliphatic carboxylic acids is 1. The summed E-state index contributed by atoms with van der Waals surface area (Å²) in [6.07, 6.45) is 5.29. The van der Waals surface area contributed by atoms with Gasteiger partial charge < -0.3 is 10.0 Å². The third-order valence-electron chi connectivity index (χ3n) is 4.60. The van der Waals surface area contributed by atoms with Crippen LogP contribution in [0.2, 0.25) is 0 Å². The standard InChI is InChI=1S/C22H20N2O2/c25-22(26)13-10-16-4-3-6-19(14-16)24(15-17-8-9-17)21-12-11-18-5-1-2-7-20(18)23-21/h1-7,10-14,17H,8-9,15H2,(H,25,26)/b13-10+. The summed E-state index contributed by atoms with van der Waals surface area (Å²) in [4.78, 5) is 17.9. The number of hydrogen-bond acceptors (Lipinski definition) is 3. The number of benzene rings is 2. The molecule has 0 amide bonds. The maximum atomic E-state index is 10.8. The molecule has 26 heavy (non-hydrogen) atoms. The van der Waals surface area contributed by atoms with Gasteiger partial charge in [0.2, 0.25) is 0 Å². The van der Waals surface area contributed by atoms with Crippen LogP contribution in [0, 0.1) is 5.92 Å². The molecule has 0 bridgehead atoms. The van der Waals surface area contributed by atoms with Gasteiger partial charge in [-0.3, -0.25) is 0 Å². The first-order chi connectivity index (χ1) is 12.7. The number of carboxylic acids is 1. The van der Waals surface area contributed by atoms with Gasteiger partial charge in [-0.1, -0.05) is 30.3 Å². The minimum Gasteiger partial charge on any atom is -0.478 e. The number of anilines is 2. The molecule has 0 unspecified atom stereocenters. The fourth-order valence-electron chi connectivity index (χ4n) is 3.06. The van der Waals surface area contributed by atoms with Gasteiger partial charge in [0.15, 0.2) is 0 Å². The van der Waals surface area contributed by atoms with E-state index in [9.17, 15) is 4.79 Å². The van der Waals surface area contributed by atoms with E-state index in [1.54, 1.807) is 6.08 Å². The zero-order chi connectivity index (χ0) is 17.9. The van der Waals surface area contributed by atoms with Gasteiger partial charge in [0.25, 0.3) is 0 Å². The second-order valence-electron chi connectivity index (χ2n) is 6.68. The molecule has 0 radical (unpaired) electrons. The Balaban J connectivity index is 1.72. The van der Waals surface area contributed by atoms with Crippen LogP contribution in [0.3, 0.4) is 0 Å². The Kier molecular flexibility index (Phi) is 4.40. The van der Waals surface area contributed by atoms with Crippen LogP contribution in [0.4, 0.5) is 11.5 Å². The number of carbonyl (C=O) groups is 1. The number of nitrogens with zero attached hydrogens (tertiary/aromatic N) is 2. The number of carboxylic acid groups (broad SMARTS) is 1. The normalized spacial score (nSPS) is 14.0. The molecule has 1 aliphatic rings. The highest BCUT2D eigenvalue weighted by Gasteiger charge is 2.26. The lowest BCUT2D eigenvalue weighted by molar-refractivity contribution is -0.131. The largest absolute Gasteiger partial charge is 0.478 e. The lowest BCUT2D eigenvalue weighted by Gasteiger charge is -2.24. The van der Waals surface area contributed by atoms with E-state index in [1.165, 1.54) is 18.9 Å². The highest BCUT2D eigenvalue weighted by atomic mass is 16.4. The van der Waals surface area contributed by atoms with Crippen molar-refractivity contribution < 1.29 is 9.90 Å². The fraction of sp³-hybridized carbons (Fsp3) is 0.182. The lowest BCUT2D eigenvalue weighted by atomic mass is 10.1. The average molecular weight is 344 g/mol. The molecule has 2 aromatic carbocycles. The molecule has 4 rings (SSSR count). The molecule has 0 atom stereocenters. The van der Waals surface area contributed by atoms with Gasteiger partial charge in [-0.2, -0.15) is 0 Å². The van der Waals surface area contributed by atoms with E-state index in [1.807, 2.05) is 36.4 Å². The van der Waals surface area contributed by atoms with Crippen molar-refractivity contribution in [2.75, 3.05) is 11.4 Å². The summed E-state index contributed by atoms with van der Waals surface area (Å²) in [5, 5.41) is 9.98. The first-order valence-corrected chi connectivity index (χ1v) is 8.83. The van der Waals surface area contributed by atoms with Crippen molar-refractivity contribution in [3.63, 3.8) is 0 Å². The minimum atomic E-state index is -0.943. The Morgan fingerprint density at radius 3 is 2.77 bits per heavy atom. The number of para-hydroxylation sites is 1. The van der Waals surface area contributed by atoms with Gasteiger partial charge in [0.05, 0.1) is 5.52 Å². The van der Waals surface area contributed by atoms with Gasteiger partial charge >= 0.3 is 5.97 Å². The zero-order valence-electron chi connectivity index (χ0n) is 14.4. The summed E-state index contributed by atoms with van der Waals surface area (Å²) in [5.41, 5.74) is 2.88. The van der Waals surface area contributed by atoms with Gasteiger partial charge in [-0.15, -0.1) is 0 Å². The molecule has 4 nitrogen and oxygen atoms in total. The van der Waals surface area contributed by atoms with Crippen molar-refractivity contribution in [2.45, 2.75) is 12.8 Å². The predicted molar refractivity (Wildman–Crippen MR) is 105 cm³/mol. The molecule has 130 valence electrons. The summed E-state index contributed by atoms with van der Waals surface area (Å²) in [6.45, 7) is 0.928. The van der Waals surface area contributed by atoms with E-state index < -0.39 is 5.97 Å². The van der Waals surface area contributed by atoms with Crippen LogP contribution in [-0.2, 0) is 4.79 Å². The molecule has 3 aromatic rings. The lowest BCUT2D eigenvalue weighted by Crippen LogP contribution is -2.21. The number of pyridine rings is 1. The van der Waals surface area contributed by atoms with Crippen LogP contribution in [0.5, 0.6) is 0 Å². The molecule has 1 saturated carbocycles. The van der Waals surface area contributed by atoms with E-state index in [0.29, 0.717) is 5.92 Å². The third kappa shape index (κ3) is 3.75. The van der Waals surface area contributed by atoms with E-state index in [0.717, 1.165) is 34.5 Å². The maximum absolute atomic E-state index is 10.8. The van der Waals surface area contributed by atoms with Crippen molar-refractivity contribution >= 4 is 34.5 Å². The number of fused-ring (bicyclic) bond motifs is 1. The van der Waals surface area contributed by atoms with Crippen LogP contribution in [-0.4, -0.2) is 22.6 Å². The molecule has 0 spiro atoms. The molecule has 1 heterocycles. The van der Waals surface area contributed by atoms with E-state index in [-0.39, 0.29) is 0 Å². The zero-order valence-corrected chi connectivity index (χ0v) is 14.4. The van der Waals surface area contributed by atoms with Crippen molar-refractivity contribution in [2.24, 2.45) is 5.92 Å². The van der Waals surface area contributed by atoms with E-state index >= 15 is 0 Å². The number of hydrogen-bond donors (Lipinski definition) is 1. The molecular weight excluding hydrogens is 324 g/mol. The van der Waals surface area contributed by atoms with Gasteiger partial charge in [0, 0.05) is 23.7 Å². The summed E-state index contributed by atoms with van der Waals surface area (Å²) in [6, 6.07) is 20.2. The summed E-state index contributed by atoms with van der Waals surface area (Å²) < 4.78 is 0. The highest BCUT2D eigenvalue weighted by molar-refractivity contribution is 5.86. The minimum absolute atomic E-state index is 0.696. The van der Waals surface area contributed by atoms with Crippen molar-refractivity contribution in [1.29, 1.82) is 0 Å². The van der Waals surface area contributed by atoms with Gasteiger partial charge in [-0.25, -0.2) is 9.78 Å². The average Bonchev–Trinajstić information content (AvgIpc) is 3.48. The predicted octanol–water partition coefficient (Wildman–Crippen LogP) is 4.88. The number of aromatic nitrogens is 1. The molecule has 0 aliphatic heterocycles. The number of rotatable bonds is 6. The Morgan fingerprint density at radius 2 is 1.96 bits per heavy atom. The molecule has 4 heteroatoms. The van der Waals surface area contributed by atoms with E-state index in [2.05, 4.69) is 29.2 Å². The molecular formula is C22H20N2O2. The van der Waals surface area contributed by atoms with Crippen LogP contribution in [0.15, 0.2) is 66.7 Å². The molecule has 1 aromatic heterocycles. The SMILES string of the molecule is O=C(O)/C=C/c1cccc(N(CC2CC2)c2ccc3ccccc3n2)c1. The Bertz CT molecular complexity index is 977. The first-order valence-electron chi connectivity index (χ1n) is 8.83. The first kappa shape index (κ1) is 16.3.